The zero-order chi connectivity index (χ0) is 12.3. The van der Waals surface area contributed by atoms with Gasteiger partial charge in [0.15, 0.2) is 0 Å². The molecule has 1 aromatic rings. The maximum atomic E-state index is 11.2. The van der Waals surface area contributed by atoms with E-state index >= 15 is 0 Å². The molecule has 4 heteroatoms. The molecule has 0 saturated carbocycles. The van der Waals surface area contributed by atoms with E-state index in [1.165, 1.54) is 0 Å². The largest absolute Gasteiger partial charge is 0.488 e. The Labute approximate surface area is 101 Å². The summed E-state index contributed by atoms with van der Waals surface area (Å²) in [6.07, 6.45) is 0.372. The highest BCUT2D eigenvalue weighted by molar-refractivity contribution is 5.71. The molecule has 0 spiro atoms. The standard InChI is InChI=1S/C13H17NO3/c1-14-8-7-11(13(15)16)12(9-14)17-10-5-3-2-4-6-10/h2-6,11-12H,7-9H2,1H3,(H,15,16). The molecule has 2 unspecified atom stereocenters. The fraction of sp³-hybridized carbons (Fsp3) is 0.462. The normalized spacial score (nSPS) is 25.5. The first kappa shape index (κ1) is 11.9. The van der Waals surface area contributed by atoms with E-state index in [2.05, 4.69) is 4.90 Å². The average Bonchev–Trinajstić information content (AvgIpc) is 2.30. The highest BCUT2D eigenvalue weighted by atomic mass is 16.5. The summed E-state index contributed by atoms with van der Waals surface area (Å²) in [5.41, 5.74) is 0. The van der Waals surface area contributed by atoms with Gasteiger partial charge in [-0.3, -0.25) is 4.79 Å². The average molecular weight is 235 g/mol. The van der Waals surface area contributed by atoms with E-state index in [1.54, 1.807) is 0 Å². The van der Waals surface area contributed by atoms with E-state index in [-0.39, 0.29) is 6.10 Å². The molecule has 1 N–H and O–H groups in total. The van der Waals surface area contributed by atoms with Crippen molar-refractivity contribution >= 4 is 5.97 Å². The van der Waals surface area contributed by atoms with Gasteiger partial charge in [0.2, 0.25) is 0 Å². The smallest absolute Gasteiger partial charge is 0.310 e. The first-order valence-electron chi connectivity index (χ1n) is 5.80. The van der Waals surface area contributed by atoms with Crippen LogP contribution in [0.5, 0.6) is 5.75 Å². The molecule has 1 saturated heterocycles. The lowest BCUT2D eigenvalue weighted by atomic mass is 9.94. The molecule has 0 bridgehead atoms. The van der Waals surface area contributed by atoms with Gasteiger partial charge in [-0.25, -0.2) is 0 Å². The quantitative estimate of drug-likeness (QED) is 0.862. The van der Waals surface area contributed by atoms with Gasteiger partial charge in [0.05, 0.1) is 5.92 Å². The first-order chi connectivity index (χ1) is 8.16. The molecular weight excluding hydrogens is 218 g/mol. The number of ether oxygens (including phenoxy) is 1. The Bertz CT molecular complexity index is 380. The molecule has 92 valence electrons. The molecule has 4 nitrogen and oxygen atoms in total. The van der Waals surface area contributed by atoms with Crippen LogP contribution in [0.2, 0.25) is 0 Å². The molecule has 2 rings (SSSR count). The molecular formula is C13H17NO3. The van der Waals surface area contributed by atoms with Crippen molar-refractivity contribution in [2.24, 2.45) is 5.92 Å². The minimum atomic E-state index is -0.765. The summed E-state index contributed by atoms with van der Waals surface area (Å²) < 4.78 is 5.78. The van der Waals surface area contributed by atoms with E-state index in [4.69, 9.17) is 4.74 Å². The van der Waals surface area contributed by atoms with Crippen LogP contribution < -0.4 is 4.74 Å². The lowest BCUT2D eigenvalue weighted by Gasteiger charge is -2.34. The van der Waals surface area contributed by atoms with Crippen LogP contribution in [0.1, 0.15) is 6.42 Å². The second-order valence-electron chi connectivity index (χ2n) is 4.47. The van der Waals surface area contributed by atoms with Gasteiger partial charge in [-0.05, 0) is 32.1 Å². The number of benzene rings is 1. The number of aliphatic carboxylic acids is 1. The minimum absolute atomic E-state index is 0.270. The van der Waals surface area contributed by atoms with Gasteiger partial charge < -0.3 is 14.7 Å². The second-order valence-corrected chi connectivity index (χ2v) is 4.47. The number of hydrogen-bond donors (Lipinski definition) is 1. The number of carboxylic acids is 1. The van der Waals surface area contributed by atoms with E-state index in [0.717, 1.165) is 12.3 Å². The number of piperidine rings is 1. The molecule has 0 amide bonds. The topological polar surface area (TPSA) is 49.8 Å². The van der Waals surface area contributed by atoms with Gasteiger partial charge in [-0.15, -0.1) is 0 Å². The third-order valence-corrected chi connectivity index (χ3v) is 3.11. The molecule has 1 heterocycles. The van der Waals surface area contributed by atoms with E-state index < -0.39 is 11.9 Å². The Morgan fingerprint density at radius 3 is 2.76 bits per heavy atom. The fourth-order valence-corrected chi connectivity index (χ4v) is 2.15. The predicted octanol–water partition coefficient (Wildman–Crippen LogP) is 1.47. The number of likely N-dealkylation sites (tertiary alicyclic amines) is 1. The Morgan fingerprint density at radius 2 is 2.12 bits per heavy atom. The summed E-state index contributed by atoms with van der Waals surface area (Å²) in [4.78, 5) is 13.3. The third kappa shape index (κ3) is 2.97. The van der Waals surface area contributed by atoms with E-state index in [1.807, 2.05) is 37.4 Å². The molecule has 1 fully saturated rings. The highest BCUT2D eigenvalue weighted by Gasteiger charge is 2.34. The van der Waals surface area contributed by atoms with Gasteiger partial charge >= 0.3 is 5.97 Å². The minimum Gasteiger partial charge on any atom is -0.488 e. The molecule has 1 aliphatic rings. The van der Waals surface area contributed by atoms with Crippen LogP contribution in [0, 0.1) is 5.92 Å². The lowest BCUT2D eigenvalue weighted by Crippen LogP contribution is -2.47. The maximum absolute atomic E-state index is 11.2. The van der Waals surface area contributed by atoms with Crippen LogP contribution in [0.25, 0.3) is 0 Å². The van der Waals surface area contributed by atoms with Crippen molar-refractivity contribution in [2.75, 3.05) is 20.1 Å². The number of nitrogens with zero attached hydrogens (tertiary/aromatic N) is 1. The Hall–Kier alpha value is -1.55. The number of para-hydroxylation sites is 1. The van der Waals surface area contributed by atoms with Crippen molar-refractivity contribution in [1.82, 2.24) is 4.90 Å². The van der Waals surface area contributed by atoms with Gasteiger partial charge in [0.25, 0.3) is 0 Å². The van der Waals surface area contributed by atoms with Crippen molar-refractivity contribution in [3.63, 3.8) is 0 Å². The molecule has 2 atom stereocenters. The molecule has 1 aliphatic heterocycles. The summed E-state index contributed by atoms with van der Waals surface area (Å²) in [5, 5.41) is 9.17. The maximum Gasteiger partial charge on any atom is 0.310 e. The monoisotopic (exact) mass is 235 g/mol. The van der Waals surface area contributed by atoms with E-state index in [9.17, 15) is 9.90 Å². The van der Waals surface area contributed by atoms with Gasteiger partial charge in [-0.1, -0.05) is 18.2 Å². The van der Waals surface area contributed by atoms with Crippen LogP contribution in [0.4, 0.5) is 0 Å². The summed E-state index contributed by atoms with van der Waals surface area (Å²) in [6, 6.07) is 9.39. The van der Waals surface area contributed by atoms with Crippen molar-refractivity contribution in [3.05, 3.63) is 30.3 Å². The molecule has 0 aromatic heterocycles. The Kier molecular flexibility index (Phi) is 3.64. The molecule has 1 aromatic carbocycles. The van der Waals surface area contributed by atoms with Crippen LogP contribution in [0.3, 0.4) is 0 Å². The summed E-state index contributed by atoms with van der Waals surface area (Å²) >= 11 is 0. The van der Waals surface area contributed by atoms with Crippen LogP contribution in [-0.4, -0.2) is 42.2 Å². The van der Waals surface area contributed by atoms with Crippen molar-refractivity contribution in [3.8, 4) is 5.75 Å². The zero-order valence-electron chi connectivity index (χ0n) is 9.87. The SMILES string of the molecule is CN1CCC(C(=O)O)C(Oc2ccccc2)C1. The Balaban J connectivity index is 2.08. The molecule has 0 aliphatic carbocycles. The summed E-state index contributed by atoms with van der Waals surface area (Å²) in [5.74, 6) is -0.440. The third-order valence-electron chi connectivity index (χ3n) is 3.11. The number of hydrogen-bond acceptors (Lipinski definition) is 3. The number of carboxylic acid groups (broad SMARTS) is 1. The van der Waals surface area contributed by atoms with Gasteiger partial charge in [0, 0.05) is 6.54 Å². The van der Waals surface area contributed by atoms with Crippen molar-refractivity contribution in [1.29, 1.82) is 0 Å². The first-order valence-corrected chi connectivity index (χ1v) is 5.80. The van der Waals surface area contributed by atoms with Crippen LogP contribution in [-0.2, 0) is 4.79 Å². The van der Waals surface area contributed by atoms with Crippen molar-refractivity contribution < 1.29 is 14.6 Å². The number of rotatable bonds is 3. The van der Waals surface area contributed by atoms with Crippen molar-refractivity contribution in [2.45, 2.75) is 12.5 Å². The lowest BCUT2D eigenvalue weighted by molar-refractivity contribution is -0.147. The van der Waals surface area contributed by atoms with Crippen LogP contribution in [0.15, 0.2) is 30.3 Å². The van der Waals surface area contributed by atoms with Gasteiger partial charge in [0.1, 0.15) is 11.9 Å². The van der Waals surface area contributed by atoms with Gasteiger partial charge in [-0.2, -0.15) is 0 Å². The number of carbonyl (C=O) groups is 1. The van der Waals surface area contributed by atoms with Crippen LogP contribution >= 0.6 is 0 Å². The Morgan fingerprint density at radius 1 is 1.41 bits per heavy atom. The molecule has 17 heavy (non-hydrogen) atoms. The second kappa shape index (κ2) is 5.19. The van der Waals surface area contributed by atoms with E-state index in [0.29, 0.717) is 13.0 Å². The zero-order valence-corrected chi connectivity index (χ0v) is 9.87. The predicted molar refractivity (Wildman–Crippen MR) is 64.1 cm³/mol. The summed E-state index contributed by atoms with van der Waals surface area (Å²) in [6.45, 7) is 1.47. The fourth-order valence-electron chi connectivity index (χ4n) is 2.15. The number of likely N-dealkylation sites (N-methyl/N-ethyl adjacent to an activating group) is 1. The summed E-state index contributed by atoms with van der Waals surface area (Å²) in [7, 11) is 1.99. The molecule has 0 radical (unpaired) electrons. The highest BCUT2D eigenvalue weighted by Crippen LogP contribution is 2.22.